The molecular formula is C12H9N3S. The first-order valence-electron chi connectivity index (χ1n) is 4.74. The number of rotatable bonds is 3. The van der Waals surface area contributed by atoms with E-state index >= 15 is 0 Å². The first-order valence-corrected chi connectivity index (χ1v) is 5.51. The highest BCUT2D eigenvalue weighted by atomic mass is 32.2. The number of hydrogen-bond donors (Lipinski definition) is 0. The van der Waals surface area contributed by atoms with E-state index in [0.717, 1.165) is 10.7 Å². The molecule has 1 aromatic heterocycles. The Kier molecular flexibility index (Phi) is 3.88. The highest BCUT2D eigenvalue weighted by Gasteiger charge is 1.88. The van der Waals surface area contributed by atoms with E-state index in [4.69, 9.17) is 0 Å². The van der Waals surface area contributed by atoms with E-state index in [1.165, 1.54) is 11.9 Å². The molecule has 78 valence electrons. The fourth-order valence-corrected chi connectivity index (χ4v) is 1.47. The van der Waals surface area contributed by atoms with Gasteiger partial charge in [0.2, 0.25) is 0 Å². The third-order valence-electron chi connectivity index (χ3n) is 1.75. The molecule has 0 amide bonds. The van der Waals surface area contributed by atoms with E-state index in [1.54, 1.807) is 6.20 Å². The van der Waals surface area contributed by atoms with Crippen molar-refractivity contribution < 1.29 is 0 Å². The maximum absolute atomic E-state index is 4.11. The summed E-state index contributed by atoms with van der Waals surface area (Å²) < 4.78 is 3.97. The maximum Gasteiger partial charge on any atom is 0.119 e. The number of pyridine rings is 1. The lowest BCUT2D eigenvalue weighted by atomic mass is 10.3. The smallest absolute Gasteiger partial charge is 0.119 e. The lowest BCUT2D eigenvalue weighted by molar-refractivity contribution is 1.14. The first kappa shape index (κ1) is 10.6. The summed E-state index contributed by atoms with van der Waals surface area (Å²) in [5.41, 5.74) is 0.841. The Morgan fingerprint density at radius 3 is 2.56 bits per heavy atom. The highest BCUT2D eigenvalue weighted by Crippen LogP contribution is 2.14. The molecule has 0 aliphatic heterocycles. The molecule has 2 aromatic rings. The Balaban J connectivity index is 1.98. The van der Waals surface area contributed by atoms with Crippen molar-refractivity contribution in [3.05, 3.63) is 54.7 Å². The molecule has 0 N–H and O–H groups in total. The van der Waals surface area contributed by atoms with Crippen LogP contribution in [0.5, 0.6) is 0 Å². The van der Waals surface area contributed by atoms with Gasteiger partial charge in [0.25, 0.3) is 0 Å². The molecule has 0 saturated carbocycles. The summed E-state index contributed by atoms with van der Waals surface area (Å²) in [7, 11) is 0. The Bertz CT molecular complexity index is 490. The number of benzene rings is 1. The van der Waals surface area contributed by atoms with Crippen LogP contribution in [0.4, 0.5) is 5.69 Å². The van der Waals surface area contributed by atoms with Gasteiger partial charge in [-0.3, -0.25) is 0 Å². The third kappa shape index (κ3) is 3.35. The summed E-state index contributed by atoms with van der Waals surface area (Å²) in [6, 6.07) is 17.9. The summed E-state index contributed by atoms with van der Waals surface area (Å²) in [5, 5.41) is 0.832. The molecular weight excluding hydrogens is 218 g/mol. The summed E-state index contributed by atoms with van der Waals surface area (Å²) in [4.78, 5) is 8.17. The van der Waals surface area contributed by atoms with E-state index in [0.29, 0.717) is 0 Å². The molecule has 0 aliphatic carbocycles. The van der Waals surface area contributed by atoms with Gasteiger partial charge in [-0.15, -0.1) is 4.40 Å². The van der Waals surface area contributed by atoms with Gasteiger partial charge >= 0.3 is 0 Å². The van der Waals surface area contributed by atoms with Crippen molar-refractivity contribution in [1.82, 2.24) is 4.98 Å². The van der Waals surface area contributed by atoms with Crippen LogP contribution in [0, 0.1) is 0 Å². The Morgan fingerprint density at radius 1 is 1.00 bits per heavy atom. The zero-order valence-corrected chi connectivity index (χ0v) is 9.26. The van der Waals surface area contributed by atoms with Crippen molar-refractivity contribution in [2.45, 2.75) is 5.03 Å². The lowest BCUT2D eigenvalue weighted by Crippen LogP contribution is -1.72. The van der Waals surface area contributed by atoms with E-state index in [-0.39, 0.29) is 0 Å². The van der Waals surface area contributed by atoms with Gasteiger partial charge in [0.1, 0.15) is 11.0 Å². The van der Waals surface area contributed by atoms with Crippen LogP contribution in [0.15, 0.2) is 69.1 Å². The number of para-hydroxylation sites is 1. The Hall–Kier alpha value is -1.90. The summed E-state index contributed by atoms with van der Waals surface area (Å²) in [5.74, 6) is 0. The summed E-state index contributed by atoms with van der Waals surface area (Å²) in [6.07, 6.45) is 1.73. The van der Waals surface area contributed by atoms with Gasteiger partial charge < -0.3 is 0 Å². The minimum atomic E-state index is 0.832. The molecule has 1 heterocycles. The summed E-state index contributed by atoms with van der Waals surface area (Å²) in [6.45, 7) is 0. The number of nitrogens with zero attached hydrogens (tertiary/aromatic N) is 3. The minimum Gasteiger partial charge on any atom is -0.248 e. The average Bonchev–Trinajstić information content (AvgIpc) is 2.37. The summed E-state index contributed by atoms with van der Waals surface area (Å²) >= 11 is 1.25. The monoisotopic (exact) mass is 227 g/mol. The highest BCUT2D eigenvalue weighted by molar-refractivity contribution is 7.98. The fraction of sp³-hybridized carbons (Fsp3) is 0. The van der Waals surface area contributed by atoms with Gasteiger partial charge in [-0.1, -0.05) is 24.3 Å². The maximum atomic E-state index is 4.11. The van der Waals surface area contributed by atoms with E-state index in [1.807, 2.05) is 48.5 Å². The predicted octanol–water partition coefficient (Wildman–Crippen LogP) is 3.59. The molecule has 3 nitrogen and oxygen atoms in total. The first-order chi connectivity index (χ1) is 7.95. The molecule has 4 heteroatoms. The van der Waals surface area contributed by atoms with Gasteiger partial charge in [-0.25, -0.2) is 4.98 Å². The van der Waals surface area contributed by atoms with Crippen LogP contribution in [-0.4, -0.2) is 11.0 Å². The van der Waals surface area contributed by atoms with Crippen LogP contribution in [0.1, 0.15) is 0 Å². The zero-order valence-electron chi connectivity index (χ0n) is 8.45. The zero-order chi connectivity index (χ0) is 11.1. The molecule has 0 atom stereocenters. The molecule has 1 aromatic carbocycles. The SMILES string of the molecule is C(=NSc1ccccn1)=Nc1ccccc1. The molecule has 0 bridgehead atoms. The van der Waals surface area contributed by atoms with Crippen molar-refractivity contribution in [2.75, 3.05) is 0 Å². The fourth-order valence-electron chi connectivity index (χ4n) is 1.05. The van der Waals surface area contributed by atoms with Crippen LogP contribution in [-0.2, 0) is 0 Å². The van der Waals surface area contributed by atoms with Crippen LogP contribution in [0.25, 0.3) is 0 Å². The second-order valence-corrected chi connectivity index (χ2v) is 3.68. The second kappa shape index (κ2) is 5.85. The van der Waals surface area contributed by atoms with Gasteiger partial charge in [0.05, 0.1) is 5.69 Å². The largest absolute Gasteiger partial charge is 0.248 e. The van der Waals surface area contributed by atoms with Crippen molar-refractivity contribution >= 4 is 23.6 Å². The molecule has 0 spiro atoms. The average molecular weight is 227 g/mol. The van der Waals surface area contributed by atoms with E-state index in [9.17, 15) is 0 Å². The Morgan fingerprint density at radius 2 is 1.81 bits per heavy atom. The number of aromatic nitrogens is 1. The van der Waals surface area contributed by atoms with Gasteiger partial charge in [-0.05, 0) is 24.3 Å². The van der Waals surface area contributed by atoms with Crippen LogP contribution in [0.2, 0.25) is 0 Å². The molecule has 0 saturated heterocycles. The van der Waals surface area contributed by atoms with Crippen LogP contribution >= 0.6 is 11.9 Å². The molecule has 0 unspecified atom stereocenters. The Labute approximate surface area is 98.1 Å². The van der Waals surface area contributed by atoms with Crippen molar-refractivity contribution in [1.29, 1.82) is 0 Å². The van der Waals surface area contributed by atoms with Crippen molar-refractivity contribution in [3.63, 3.8) is 0 Å². The van der Waals surface area contributed by atoms with Gasteiger partial charge in [0.15, 0.2) is 0 Å². The molecule has 0 aliphatic rings. The van der Waals surface area contributed by atoms with Gasteiger partial charge in [-0.2, -0.15) is 4.99 Å². The number of aliphatic imine (C=N–C) groups is 1. The van der Waals surface area contributed by atoms with Crippen LogP contribution < -0.4 is 0 Å². The molecule has 0 radical (unpaired) electrons. The minimum absolute atomic E-state index is 0.832. The van der Waals surface area contributed by atoms with Gasteiger partial charge in [0, 0.05) is 18.1 Å². The van der Waals surface area contributed by atoms with Crippen molar-refractivity contribution in [3.8, 4) is 0 Å². The molecule has 16 heavy (non-hydrogen) atoms. The molecule has 0 fully saturated rings. The topological polar surface area (TPSA) is 37.6 Å². The normalized spacial score (nSPS) is 9.25. The standard InChI is InChI=1S/C12H9N3S/c1-2-6-11(7-3-1)14-10-15-16-12-8-4-5-9-13-12/h1-9H. The van der Waals surface area contributed by atoms with Crippen molar-refractivity contribution in [2.24, 2.45) is 9.39 Å². The quantitative estimate of drug-likeness (QED) is 0.593. The number of hydrogen-bond acceptors (Lipinski definition) is 4. The van der Waals surface area contributed by atoms with E-state index in [2.05, 4.69) is 20.4 Å². The molecule has 2 rings (SSSR count). The lowest BCUT2D eigenvalue weighted by Gasteiger charge is -1.89. The third-order valence-corrected chi connectivity index (χ3v) is 2.35. The predicted molar refractivity (Wildman–Crippen MR) is 66.1 cm³/mol. The van der Waals surface area contributed by atoms with E-state index < -0.39 is 0 Å². The van der Waals surface area contributed by atoms with Crippen LogP contribution in [0.3, 0.4) is 0 Å². The second-order valence-electron chi connectivity index (χ2n) is 2.90.